The highest BCUT2D eigenvalue weighted by Gasteiger charge is 2.57. The number of nitrogens with zero attached hydrogens (tertiary/aromatic N) is 2. The maximum absolute atomic E-state index is 13.4. The lowest BCUT2D eigenvalue weighted by Gasteiger charge is -2.50. The van der Waals surface area contributed by atoms with Crippen molar-refractivity contribution >= 4 is 46.6 Å². The number of carbonyl (C=O) groups excluding carboxylic acids is 3. The van der Waals surface area contributed by atoms with Gasteiger partial charge in [-0.3, -0.25) is 19.3 Å². The molecule has 3 amide bonds. The van der Waals surface area contributed by atoms with Gasteiger partial charge in [-0.15, -0.1) is 0 Å². The van der Waals surface area contributed by atoms with Crippen molar-refractivity contribution in [2.75, 3.05) is 4.90 Å². The summed E-state index contributed by atoms with van der Waals surface area (Å²) >= 11 is 12.7. The molecule has 2 aliphatic rings. The molecule has 0 saturated carbocycles. The molecule has 154 valence electrons. The predicted octanol–water partition coefficient (Wildman–Crippen LogP) is 5.05. The maximum atomic E-state index is 13.4. The molecule has 0 aromatic heterocycles. The largest absolute Gasteiger partial charge is 0.300 e. The molecule has 5 rings (SSSR count). The molecule has 2 heterocycles. The zero-order chi connectivity index (χ0) is 21.9. The monoisotopic (exact) mass is 450 g/mol. The third kappa shape index (κ3) is 2.88. The zero-order valence-electron chi connectivity index (χ0n) is 16.4. The average molecular weight is 451 g/mol. The van der Waals surface area contributed by atoms with E-state index in [1.165, 1.54) is 0 Å². The molecule has 5 nitrogen and oxygen atoms in total. The number of anilines is 1. The van der Waals surface area contributed by atoms with Gasteiger partial charge in [-0.25, -0.2) is 0 Å². The van der Waals surface area contributed by atoms with Gasteiger partial charge < -0.3 is 4.90 Å². The molecular formula is C24H16Cl2N2O3. The van der Waals surface area contributed by atoms with Gasteiger partial charge >= 0.3 is 0 Å². The molecule has 0 unspecified atom stereocenters. The summed E-state index contributed by atoms with van der Waals surface area (Å²) in [6.07, 6.45) is 0. The van der Waals surface area contributed by atoms with E-state index in [-0.39, 0.29) is 5.91 Å². The van der Waals surface area contributed by atoms with Crippen molar-refractivity contribution in [2.45, 2.75) is 19.0 Å². The van der Waals surface area contributed by atoms with E-state index in [9.17, 15) is 14.4 Å². The van der Waals surface area contributed by atoms with Crippen LogP contribution in [0.3, 0.4) is 0 Å². The smallest absolute Gasteiger partial charge is 0.262 e. The van der Waals surface area contributed by atoms with E-state index in [2.05, 4.69) is 0 Å². The average Bonchev–Trinajstić information content (AvgIpc) is 3.01. The Bertz CT molecular complexity index is 1220. The van der Waals surface area contributed by atoms with Crippen LogP contribution in [0.4, 0.5) is 5.69 Å². The van der Waals surface area contributed by atoms with E-state index < -0.39 is 23.9 Å². The first-order valence-corrected chi connectivity index (χ1v) is 10.5. The summed E-state index contributed by atoms with van der Waals surface area (Å²) in [7, 11) is 0. The van der Waals surface area contributed by atoms with Gasteiger partial charge in [-0.05, 0) is 42.8 Å². The second-order valence-electron chi connectivity index (χ2n) is 7.60. The summed E-state index contributed by atoms with van der Waals surface area (Å²) in [5.41, 5.74) is 2.88. The van der Waals surface area contributed by atoms with Crippen LogP contribution >= 0.6 is 23.2 Å². The Kier molecular flexibility index (Phi) is 4.61. The van der Waals surface area contributed by atoms with Crippen LogP contribution in [-0.2, 0) is 4.79 Å². The number of halogens is 2. The molecule has 31 heavy (non-hydrogen) atoms. The van der Waals surface area contributed by atoms with Crippen LogP contribution in [0, 0.1) is 6.92 Å². The molecule has 3 aromatic rings. The molecular weight excluding hydrogens is 435 g/mol. The summed E-state index contributed by atoms with van der Waals surface area (Å²) in [6.45, 7) is 1.95. The molecule has 0 radical (unpaired) electrons. The van der Waals surface area contributed by atoms with Crippen LogP contribution < -0.4 is 4.90 Å². The van der Waals surface area contributed by atoms with Gasteiger partial charge in [0.15, 0.2) is 0 Å². The second kappa shape index (κ2) is 7.22. The van der Waals surface area contributed by atoms with Crippen molar-refractivity contribution in [3.8, 4) is 0 Å². The molecule has 0 bridgehead atoms. The Labute approximate surface area is 188 Å². The number of β-lactam (4-membered cyclic amide) rings is 1. The highest BCUT2D eigenvalue weighted by molar-refractivity contribution is 6.42. The molecule has 1 saturated heterocycles. The molecule has 1 fully saturated rings. The van der Waals surface area contributed by atoms with Crippen LogP contribution in [-0.4, -0.2) is 28.7 Å². The normalized spacial score (nSPS) is 20.2. The molecule has 0 spiro atoms. The predicted molar refractivity (Wildman–Crippen MR) is 119 cm³/mol. The summed E-state index contributed by atoms with van der Waals surface area (Å²) in [5, 5.41) is 0.629. The van der Waals surface area contributed by atoms with Crippen LogP contribution in [0.1, 0.15) is 37.9 Å². The van der Waals surface area contributed by atoms with Crippen LogP contribution in [0.15, 0.2) is 66.7 Å². The molecule has 2 atom stereocenters. The van der Waals surface area contributed by atoms with Gasteiger partial charge in [-0.2, -0.15) is 0 Å². The van der Waals surface area contributed by atoms with Gasteiger partial charge in [0, 0.05) is 5.69 Å². The number of rotatable bonds is 3. The number of imide groups is 1. The molecule has 0 N–H and O–H groups in total. The van der Waals surface area contributed by atoms with E-state index in [0.29, 0.717) is 32.4 Å². The van der Waals surface area contributed by atoms with Crippen molar-refractivity contribution in [3.63, 3.8) is 0 Å². The van der Waals surface area contributed by atoms with Crippen molar-refractivity contribution in [2.24, 2.45) is 0 Å². The summed E-state index contributed by atoms with van der Waals surface area (Å²) < 4.78 is 0. The first-order chi connectivity index (χ1) is 14.9. The van der Waals surface area contributed by atoms with Crippen LogP contribution in [0.25, 0.3) is 0 Å². The lowest BCUT2D eigenvalue weighted by atomic mass is 9.86. The lowest BCUT2D eigenvalue weighted by Crippen LogP contribution is -2.67. The first kappa shape index (κ1) is 19.8. The van der Waals surface area contributed by atoms with Gasteiger partial charge in [0.05, 0.1) is 27.2 Å². The maximum Gasteiger partial charge on any atom is 0.262 e. The summed E-state index contributed by atoms with van der Waals surface area (Å²) in [6, 6.07) is 17.5. The Morgan fingerprint density at radius 1 is 0.710 bits per heavy atom. The Morgan fingerprint density at radius 3 is 1.94 bits per heavy atom. The number of carbonyl (C=O) groups is 3. The molecule has 2 aliphatic heterocycles. The quantitative estimate of drug-likeness (QED) is 0.414. The van der Waals surface area contributed by atoms with E-state index >= 15 is 0 Å². The molecule has 3 aromatic carbocycles. The van der Waals surface area contributed by atoms with E-state index in [0.717, 1.165) is 10.5 Å². The zero-order valence-corrected chi connectivity index (χ0v) is 17.9. The summed E-state index contributed by atoms with van der Waals surface area (Å²) in [4.78, 5) is 42.1. The van der Waals surface area contributed by atoms with E-state index in [1.54, 1.807) is 47.4 Å². The minimum atomic E-state index is -1.01. The third-order valence-corrected chi connectivity index (χ3v) is 6.62. The highest BCUT2D eigenvalue weighted by Crippen LogP contribution is 2.47. The molecule has 0 aliphatic carbocycles. The van der Waals surface area contributed by atoms with Gasteiger partial charge in [0.25, 0.3) is 17.7 Å². The fourth-order valence-corrected chi connectivity index (χ4v) is 4.66. The van der Waals surface area contributed by atoms with E-state index in [1.807, 2.05) is 31.2 Å². The fourth-order valence-electron chi connectivity index (χ4n) is 4.24. The number of fused-ring (bicyclic) bond motifs is 1. The van der Waals surface area contributed by atoms with E-state index in [4.69, 9.17) is 23.2 Å². The van der Waals surface area contributed by atoms with Gasteiger partial charge in [-0.1, -0.05) is 65.2 Å². The number of amides is 3. The number of aryl methyl sites for hydroxylation is 1. The molecule has 7 heteroatoms. The topological polar surface area (TPSA) is 57.7 Å². The lowest BCUT2D eigenvalue weighted by molar-refractivity contribution is -0.130. The Hall–Kier alpha value is -3.15. The van der Waals surface area contributed by atoms with Gasteiger partial charge in [0.2, 0.25) is 0 Å². The van der Waals surface area contributed by atoms with Crippen molar-refractivity contribution in [1.82, 2.24) is 4.90 Å². The SMILES string of the molecule is Cc1ccc(N2C(=O)[C@H](N3C(=O)c4ccccc4C3=O)[C@@H]2c2cccc(Cl)c2Cl)cc1. The van der Waals surface area contributed by atoms with Crippen molar-refractivity contribution < 1.29 is 14.4 Å². The minimum absolute atomic E-state index is 0.292. The van der Waals surface area contributed by atoms with Crippen molar-refractivity contribution in [3.05, 3.63) is 99.0 Å². The highest BCUT2D eigenvalue weighted by atomic mass is 35.5. The van der Waals surface area contributed by atoms with Crippen LogP contribution in [0.2, 0.25) is 10.0 Å². The third-order valence-electron chi connectivity index (χ3n) is 5.78. The van der Waals surface area contributed by atoms with Crippen LogP contribution in [0.5, 0.6) is 0 Å². The first-order valence-electron chi connectivity index (χ1n) is 9.70. The van der Waals surface area contributed by atoms with Crippen molar-refractivity contribution in [1.29, 1.82) is 0 Å². The van der Waals surface area contributed by atoms with Gasteiger partial charge in [0.1, 0.15) is 6.04 Å². The standard InChI is InChI=1S/C24H16Cl2N2O3/c1-13-9-11-14(12-10-13)27-20(17-7-4-8-18(25)19(17)26)21(24(27)31)28-22(29)15-5-2-3-6-16(15)23(28)30/h2-12,20-21H,1H3/t20-,21+/m0/s1. The minimum Gasteiger partial charge on any atom is -0.300 e. The number of benzene rings is 3. The summed E-state index contributed by atoms with van der Waals surface area (Å²) in [5.74, 6) is -1.31. The fraction of sp³-hybridized carbons (Fsp3) is 0.125. The Balaban J connectivity index is 1.63. The number of hydrogen-bond acceptors (Lipinski definition) is 3. The number of hydrogen-bond donors (Lipinski definition) is 0. The Morgan fingerprint density at radius 2 is 1.32 bits per heavy atom. The second-order valence-corrected chi connectivity index (χ2v) is 8.39.